The lowest BCUT2D eigenvalue weighted by atomic mass is 10.0. The van der Waals surface area contributed by atoms with E-state index in [-0.39, 0.29) is 29.9 Å². The van der Waals surface area contributed by atoms with Crippen LogP contribution in [0.1, 0.15) is 71.0 Å². The number of nitrogens with two attached hydrogens (primary N) is 1. The summed E-state index contributed by atoms with van der Waals surface area (Å²) < 4.78 is 1.41. The van der Waals surface area contributed by atoms with Gasteiger partial charge in [0.15, 0.2) is 0 Å². The molecule has 0 spiro atoms. The molecule has 202 valence electrons. The number of nitrogens with zero attached hydrogens (tertiary/aromatic N) is 3. The van der Waals surface area contributed by atoms with Crippen molar-refractivity contribution in [3.63, 3.8) is 0 Å². The van der Waals surface area contributed by atoms with Crippen LogP contribution in [-0.2, 0) is 20.8 Å². The number of hydrogen-bond acceptors (Lipinski definition) is 7. The number of hydrogen-bond donors (Lipinski definition) is 5. The number of aryl methyl sites for hydroxylation is 1. The molecule has 6 N–H and O–H groups in total. The fourth-order valence-electron chi connectivity index (χ4n) is 4.03. The van der Waals surface area contributed by atoms with Gasteiger partial charge in [-0.3, -0.25) is 14.4 Å². The van der Waals surface area contributed by atoms with Crippen LogP contribution in [0.2, 0.25) is 0 Å². The summed E-state index contributed by atoms with van der Waals surface area (Å²) in [7, 11) is 0. The van der Waals surface area contributed by atoms with Gasteiger partial charge < -0.3 is 27.0 Å². The molecule has 2 fully saturated rings. The summed E-state index contributed by atoms with van der Waals surface area (Å²) in [5.41, 5.74) is 5.94. The fourth-order valence-corrected chi connectivity index (χ4v) is 5.58. The van der Waals surface area contributed by atoms with E-state index >= 15 is 0 Å². The highest BCUT2D eigenvalue weighted by Crippen LogP contribution is 2.33. The first kappa shape index (κ1) is 29.4. The van der Waals surface area contributed by atoms with Crippen LogP contribution in [0.4, 0.5) is 4.79 Å². The monoisotopic (exact) mass is 524 g/mol. The highest BCUT2D eigenvalue weighted by molar-refractivity contribution is 8.00. The van der Waals surface area contributed by atoms with Crippen molar-refractivity contribution in [2.24, 2.45) is 5.73 Å². The van der Waals surface area contributed by atoms with Gasteiger partial charge in [0.1, 0.15) is 6.04 Å². The standard InChI is InChI=1S/C21H34N8O4S.C2H6/c1-13(20(22)32)29-11-14(27-28-29)5-4-8-18(31)24-10-9-23-17(30)7-3-2-6-16-19-15(12-34-16)25-21(33)26-19;1-2/h11,13,15-16,19H,2-10,12H2,1H3,(H2,22,32)(H,23,30)(H,24,31)(H2,25,26,33);1-2H3/t13?,15-,16?,19-;/m0./s1. The SMILES string of the molecule is CC.CC(C(N)=O)n1cc(CCCC(=O)NCCNC(=O)CCCCC2SC[C@@H]3NC(=O)N[C@H]23)nn1. The zero-order valence-corrected chi connectivity index (χ0v) is 22.2. The number of thioether (sulfide) groups is 1. The van der Waals surface area contributed by atoms with Crippen LogP contribution in [0.25, 0.3) is 0 Å². The van der Waals surface area contributed by atoms with E-state index in [1.165, 1.54) is 4.68 Å². The molecule has 2 saturated heterocycles. The normalized spacial score (nSPS) is 20.9. The van der Waals surface area contributed by atoms with E-state index in [9.17, 15) is 19.2 Å². The quantitative estimate of drug-likeness (QED) is 0.175. The maximum Gasteiger partial charge on any atom is 0.315 e. The Morgan fingerprint density at radius 3 is 2.47 bits per heavy atom. The van der Waals surface area contributed by atoms with Gasteiger partial charge in [-0.25, -0.2) is 9.48 Å². The molecule has 13 heteroatoms. The Bertz CT molecular complexity index is 880. The van der Waals surface area contributed by atoms with E-state index in [1.54, 1.807) is 13.1 Å². The lowest BCUT2D eigenvalue weighted by Gasteiger charge is -2.16. The van der Waals surface area contributed by atoms with Crippen molar-refractivity contribution in [1.29, 1.82) is 0 Å². The van der Waals surface area contributed by atoms with Gasteiger partial charge in [0, 0.05) is 43.1 Å². The fraction of sp³-hybridized carbons (Fsp3) is 0.739. The number of primary amides is 1. The minimum Gasteiger partial charge on any atom is -0.368 e. The van der Waals surface area contributed by atoms with Crippen molar-refractivity contribution in [2.75, 3.05) is 18.8 Å². The smallest absolute Gasteiger partial charge is 0.315 e. The first-order valence-electron chi connectivity index (χ1n) is 12.8. The van der Waals surface area contributed by atoms with Crippen molar-refractivity contribution in [1.82, 2.24) is 36.3 Å². The third-order valence-electron chi connectivity index (χ3n) is 6.05. The molecular formula is C23H40N8O4S. The summed E-state index contributed by atoms with van der Waals surface area (Å²) in [6, 6.07) is -0.205. The van der Waals surface area contributed by atoms with Crippen LogP contribution in [0.5, 0.6) is 0 Å². The van der Waals surface area contributed by atoms with E-state index in [4.69, 9.17) is 5.73 Å². The van der Waals surface area contributed by atoms with Gasteiger partial charge in [-0.05, 0) is 32.6 Å². The molecular weight excluding hydrogens is 484 g/mol. The minimum atomic E-state index is -0.562. The lowest BCUT2D eigenvalue weighted by molar-refractivity contribution is -0.123. The maximum absolute atomic E-state index is 12.0. The zero-order valence-electron chi connectivity index (χ0n) is 21.4. The zero-order chi connectivity index (χ0) is 26.5. The molecule has 2 aliphatic heterocycles. The molecule has 5 amide bonds. The average Bonchev–Trinajstić information content (AvgIpc) is 3.57. The van der Waals surface area contributed by atoms with Gasteiger partial charge >= 0.3 is 6.03 Å². The molecule has 1 aromatic rings. The summed E-state index contributed by atoms with van der Waals surface area (Å²) >= 11 is 1.88. The number of rotatable bonds is 14. The number of fused-ring (bicyclic) bond motifs is 1. The van der Waals surface area contributed by atoms with Gasteiger partial charge in [0.2, 0.25) is 17.7 Å². The van der Waals surface area contributed by atoms with Crippen molar-refractivity contribution >= 4 is 35.5 Å². The number of carbonyl (C=O) groups is 4. The largest absolute Gasteiger partial charge is 0.368 e. The third-order valence-corrected chi connectivity index (χ3v) is 7.56. The topological polar surface area (TPSA) is 173 Å². The van der Waals surface area contributed by atoms with Crippen LogP contribution in [0, 0.1) is 0 Å². The molecule has 2 aliphatic rings. The Morgan fingerprint density at radius 2 is 1.81 bits per heavy atom. The molecule has 1 aromatic heterocycles. The highest BCUT2D eigenvalue weighted by atomic mass is 32.2. The average molecular weight is 525 g/mol. The molecule has 3 rings (SSSR count). The highest BCUT2D eigenvalue weighted by Gasteiger charge is 2.42. The molecule has 0 radical (unpaired) electrons. The van der Waals surface area contributed by atoms with Gasteiger partial charge in [-0.2, -0.15) is 11.8 Å². The number of nitrogens with one attached hydrogen (secondary N) is 4. The van der Waals surface area contributed by atoms with Crippen LogP contribution in [-0.4, -0.2) is 74.9 Å². The minimum absolute atomic E-state index is 0.0182. The van der Waals surface area contributed by atoms with Crippen LogP contribution in [0.3, 0.4) is 0 Å². The predicted molar refractivity (Wildman–Crippen MR) is 138 cm³/mol. The second kappa shape index (κ2) is 15.3. The van der Waals surface area contributed by atoms with Gasteiger partial charge in [0.25, 0.3) is 0 Å². The van der Waals surface area contributed by atoms with E-state index in [0.29, 0.717) is 49.7 Å². The summed E-state index contributed by atoms with van der Waals surface area (Å²) in [5.74, 6) is 0.350. The molecule has 36 heavy (non-hydrogen) atoms. The lowest BCUT2D eigenvalue weighted by Crippen LogP contribution is -2.36. The number of carbonyl (C=O) groups excluding carboxylic acids is 4. The number of amides is 5. The maximum atomic E-state index is 12.0. The Balaban J connectivity index is 0.00000222. The molecule has 4 atom stereocenters. The van der Waals surface area contributed by atoms with Crippen molar-refractivity contribution < 1.29 is 19.2 Å². The summed E-state index contributed by atoms with van der Waals surface area (Å²) in [6.07, 6.45) is 6.35. The molecule has 12 nitrogen and oxygen atoms in total. The van der Waals surface area contributed by atoms with Gasteiger partial charge in [-0.1, -0.05) is 25.5 Å². The Labute approximate surface area is 216 Å². The Kier molecular flexibility index (Phi) is 12.5. The molecule has 0 saturated carbocycles. The molecule has 0 aliphatic carbocycles. The van der Waals surface area contributed by atoms with Crippen LogP contribution >= 0.6 is 11.8 Å². The van der Waals surface area contributed by atoms with E-state index in [1.807, 2.05) is 25.6 Å². The van der Waals surface area contributed by atoms with E-state index < -0.39 is 11.9 Å². The molecule has 3 heterocycles. The van der Waals surface area contributed by atoms with Gasteiger partial charge in [0.05, 0.1) is 17.8 Å². The first-order chi connectivity index (χ1) is 17.3. The van der Waals surface area contributed by atoms with Crippen molar-refractivity contribution in [2.45, 2.75) is 89.1 Å². The summed E-state index contributed by atoms with van der Waals surface area (Å²) in [4.78, 5) is 46.5. The molecule has 2 unspecified atom stereocenters. The summed E-state index contributed by atoms with van der Waals surface area (Å²) in [5, 5.41) is 19.8. The van der Waals surface area contributed by atoms with Crippen LogP contribution < -0.4 is 27.0 Å². The van der Waals surface area contributed by atoms with E-state index in [2.05, 4.69) is 31.6 Å². The second-order valence-electron chi connectivity index (χ2n) is 8.69. The first-order valence-corrected chi connectivity index (χ1v) is 13.8. The Morgan fingerprint density at radius 1 is 1.14 bits per heavy atom. The molecule has 0 aromatic carbocycles. The number of urea groups is 1. The number of aromatic nitrogens is 3. The van der Waals surface area contributed by atoms with E-state index in [0.717, 1.165) is 25.0 Å². The molecule has 0 bridgehead atoms. The predicted octanol–water partition coefficient (Wildman–Crippen LogP) is 0.632. The van der Waals surface area contributed by atoms with Gasteiger partial charge in [-0.15, -0.1) is 5.10 Å². The second-order valence-corrected chi connectivity index (χ2v) is 9.96. The summed E-state index contributed by atoms with van der Waals surface area (Å²) in [6.45, 7) is 6.42. The third kappa shape index (κ3) is 9.32. The van der Waals surface area contributed by atoms with Crippen molar-refractivity contribution in [3.05, 3.63) is 11.9 Å². The number of unbranched alkanes of at least 4 members (excludes halogenated alkanes) is 1. The Hall–Kier alpha value is -2.83. The van der Waals surface area contributed by atoms with Crippen LogP contribution in [0.15, 0.2) is 6.20 Å². The van der Waals surface area contributed by atoms with Crippen molar-refractivity contribution in [3.8, 4) is 0 Å².